The molecule has 0 amide bonds. The second-order valence-corrected chi connectivity index (χ2v) is 7.89. The molecule has 0 bridgehead atoms. The molecule has 2 heteroatoms. The van der Waals surface area contributed by atoms with Gasteiger partial charge < -0.3 is 4.57 Å². The van der Waals surface area contributed by atoms with Crippen LogP contribution in [0, 0.1) is 11.8 Å². The lowest BCUT2D eigenvalue weighted by molar-refractivity contribution is 0.549. The fourth-order valence-electron chi connectivity index (χ4n) is 1.64. The van der Waals surface area contributed by atoms with E-state index in [1.54, 1.807) is 0 Å². The summed E-state index contributed by atoms with van der Waals surface area (Å²) in [5.41, 5.74) is 0. The van der Waals surface area contributed by atoms with E-state index in [4.69, 9.17) is 0 Å². The summed E-state index contributed by atoms with van der Waals surface area (Å²) in [5.74, 6) is 1.20. The third-order valence-electron chi connectivity index (χ3n) is 2.15. The maximum atomic E-state index is 12.0. The van der Waals surface area contributed by atoms with Crippen LogP contribution in [-0.2, 0) is 4.57 Å². The smallest absolute Gasteiger partial charge is 0.0853 e. The van der Waals surface area contributed by atoms with Crippen molar-refractivity contribution >= 4 is 7.14 Å². The standard InChI is InChI=1S/C10H23OP/c1-6-10(4)8-12(5,11)7-9(2)3/h9-10H,6-8H2,1-5H3. The fraction of sp³-hybridized carbons (Fsp3) is 1.00. The summed E-state index contributed by atoms with van der Waals surface area (Å²) in [6, 6.07) is 0. The van der Waals surface area contributed by atoms with E-state index in [0.717, 1.165) is 18.7 Å². The first-order valence-electron chi connectivity index (χ1n) is 4.93. The molecule has 2 atom stereocenters. The molecule has 0 aliphatic heterocycles. The Morgan fingerprint density at radius 3 is 2.00 bits per heavy atom. The number of rotatable bonds is 5. The summed E-state index contributed by atoms with van der Waals surface area (Å²) >= 11 is 0. The lowest BCUT2D eigenvalue weighted by Gasteiger charge is -2.18. The summed E-state index contributed by atoms with van der Waals surface area (Å²) < 4.78 is 12.0. The summed E-state index contributed by atoms with van der Waals surface area (Å²) in [5, 5.41) is 0. The molecule has 0 aromatic rings. The van der Waals surface area contributed by atoms with Crippen LogP contribution in [-0.4, -0.2) is 19.0 Å². The number of hydrogen-bond donors (Lipinski definition) is 0. The largest absolute Gasteiger partial charge is 0.324 e. The average Bonchev–Trinajstić information content (AvgIpc) is 1.83. The third-order valence-corrected chi connectivity index (χ3v) is 5.04. The van der Waals surface area contributed by atoms with Crippen LogP contribution in [0.3, 0.4) is 0 Å². The highest BCUT2D eigenvalue weighted by atomic mass is 31.2. The van der Waals surface area contributed by atoms with Crippen molar-refractivity contribution in [3.05, 3.63) is 0 Å². The zero-order chi connectivity index (χ0) is 9.78. The second-order valence-electron chi connectivity index (χ2n) is 4.57. The molecule has 0 rings (SSSR count). The van der Waals surface area contributed by atoms with E-state index >= 15 is 0 Å². The molecule has 1 nitrogen and oxygen atoms in total. The van der Waals surface area contributed by atoms with E-state index in [0.29, 0.717) is 11.8 Å². The van der Waals surface area contributed by atoms with Gasteiger partial charge >= 0.3 is 0 Å². The van der Waals surface area contributed by atoms with Crippen molar-refractivity contribution in [2.45, 2.75) is 34.1 Å². The molecule has 0 fully saturated rings. The van der Waals surface area contributed by atoms with Crippen LogP contribution in [0.5, 0.6) is 0 Å². The van der Waals surface area contributed by atoms with Crippen LogP contribution in [0.1, 0.15) is 34.1 Å². The highest BCUT2D eigenvalue weighted by Crippen LogP contribution is 2.45. The summed E-state index contributed by atoms with van der Waals surface area (Å²) in [7, 11) is -1.82. The quantitative estimate of drug-likeness (QED) is 0.604. The Morgan fingerprint density at radius 2 is 1.67 bits per heavy atom. The van der Waals surface area contributed by atoms with E-state index in [9.17, 15) is 4.57 Å². The minimum atomic E-state index is -1.82. The lowest BCUT2D eigenvalue weighted by Crippen LogP contribution is -2.06. The normalized spacial score (nSPS) is 19.2. The Balaban J connectivity index is 3.95. The fourth-order valence-corrected chi connectivity index (χ4v) is 4.91. The molecule has 12 heavy (non-hydrogen) atoms. The first-order valence-corrected chi connectivity index (χ1v) is 7.45. The van der Waals surface area contributed by atoms with Gasteiger partial charge in [-0.05, 0) is 18.5 Å². The van der Waals surface area contributed by atoms with Gasteiger partial charge in [0.15, 0.2) is 0 Å². The van der Waals surface area contributed by atoms with Crippen molar-refractivity contribution in [3.8, 4) is 0 Å². The van der Waals surface area contributed by atoms with Gasteiger partial charge in [0, 0.05) is 12.3 Å². The minimum absolute atomic E-state index is 0.574. The van der Waals surface area contributed by atoms with Gasteiger partial charge in [-0.2, -0.15) is 0 Å². The molecule has 0 heterocycles. The molecule has 2 unspecified atom stereocenters. The van der Waals surface area contributed by atoms with Gasteiger partial charge in [0.2, 0.25) is 0 Å². The average molecular weight is 190 g/mol. The van der Waals surface area contributed by atoms with Crippen LogP contribution in [0.15, 0.2) is 0 Å². The molecular formula is C10H23OP. The van der Waals surface area contributed by atoms with Crippen LogP contribution in [0.2, 0.25) is 0 Å². The molecule has 0 aromatic carbocycles. The van der Waals surface area contributed by atoms with Gasteiger partial charge in [0.1, 0.15) is 0 Å². The monoisotopic (exact) mass is 190 g/mol. The molecule has 0 aliphatic rings. The zero-order valence-electron chi connectivity index (χ0n) is 9.13. The van der Waals surface area contributed by atoms with Crippen LogP contribution < -0.4 is 0 Å². The van der Waals surface area contributed by atoms with Gasteiger partial charge in [0.05, 0.1) is 7.14 Å². The molecule has 0 spiro atoms. The molecule has 0 aromatic heterocycles. The van der Waals surface area contributed by atoms with Crippen molar-refractivity contribution in [1.29, 1.82) is 0 Å². The zero-order valence-corrected chi connectivity index (χ0v) is 10.0. The van der Waals surface area contributed by atoms with E-state index in [1.165, 1.54) is 0 Å². The molecule has 0 saturated heterocycles. The van der Waals surface area contributed by atoms with Gasteiger partial charge in [-0.25, -0.2) is 0 Å². The summed E-state index contributed by atoms with van der Waals surface area (Å²) in [6.07, 6.45) is 2.99. The van der Waals surface area contributed by atoms with Gasteiger partial charge in [-0.15, -0.1) is 0 Å². The Hall–Kier alpha value is 0.230. The van der Waals surface area contributed by atoms with Crippen molar-refractivity contribution in [2.24, 2.45) is 11.8 Å². The van der Waals surface area contributed by atoms with Gasteiger partial charge in [0.25, 0.3) is 0 Å². The Kier molecular flexibility index (Phi) is 5.16. The first-order chi connectivity index (χ1) is 5.37. The Bertz CT molecular complexity index is 163. The number of hydrogen-bond acceptors (Lipinski definition) is 1. The maximum Gasteiger partial charge on any atom is 0.0853 e. The molecule has 0 aliphatic carbocycles. The molecule has 0 N–H and O–H groups in total. The Labute approximate surface area is 77.3 Å². The summed E-state index contributed by atoms with van der Waals surface area (Å²) in [4.78, 5) is 0. The maximum absolute atomic E-state index is 12.0. The SMILES string of the molecule is CCC(C)CP(C)(=O)CC(C)C. The molecule has 74 valence electrons. The van der Waals surface area contributed by atoms with Crippen molar-refractivity contribution in [1.82, 2.24) is 0 Å². The lowest BCUT2D eigenvalue weighted by atomic mass is 10.2. The minimum Gasteiger partial charge on any atom is -0.324 e. The molecule has 0 saturated carbocycles. The van der Waals surface area contributed by atoms with Gasteiger partial charge in [-0.1, -0.05) is 34.1 Å². The van der Waals surface area contributed by atoms with E-state index in [2.05, 4.69) is 27.7 Å². The van der Waals surface area contributed by atoms with Crippen LogP contribution >= 0.6 is 7.14 Å². The van der Waals surface area contributed by atoms with Gasteiger partial charge in [-0.3, -0.25) is 0 Å². The predicted molar refractivity (Wildman–Crippen MR) is 57.6 cm³/mol. The van der Waals surface area contributed by atoms with Crippen LogP contribution in [0.25, 0.3) is 0 Å². The first kappa shape index (κ1) is 12.2. The molecular weight excluding hydrogens is 167 g/mol. The summed E-state index contributed by atoms with van der Waals surface area (Å²) in [6.45, 7) is 10.6. The van der Waals surface area contributed by atoms with Crippen molar-refractivity contribution in [2.75, 3.05) is 19.0 Å². The molecule has 0 radical (unpaired) electrons. The predicted octanol–water partition coefficient (Wildman–Crippen LogP) is 3.68. The van der Waals surface area contributed by atoms with Crippen molar-refractivity contribution < 1.29 is 4.57 Å². The third kappa shape index (κ3) is 5.83. The second kappa shape index (κ2) is 5.07. The highest BCUT2D eigenvalue weighted by molar-refractivity contribution is 7.63. The van der Waals surface area contributed by atoms with Crippen LogP contribution in [0.4, 0.5) is 0 Å². The Morgan fingerprint density at radius 1 is 1.17 bits per heavy atom. The van der Waals surface area contributed by atoms with E-state index in [1.807, 2.05) is 6.66 Å². The van der Waals surface area contributed by atoms with E-state index in [-0.39, 0.29) is 0 Å². The topological polar surface area (TPSA) is 17.1 Å². The van der Waals surface area contributed by atoms with Crippen molar-refractivity contribution in [3.63, 3.8) is 0 Å². The highest BCUT2D eigenvalue weighted by Gasteiger charge is 2.19. The van der Waals surface area contributed by atoms with E-state index < -0.39 is 7.14 Å².